The number of thioether (sulfide) groups is 1. The van der Waals surface area contributed by atoms with E-state index in [-0.39, 0.29) is 24.2 Å². The summed E-state index contributed by atoms with van der Waals surface area (Å²) in [5, 5.41) is 5.71. The Morgan fingerprint density at radius 3 is 2.57 bits per heavy atom. The van der Waals surface area contributed by atoms with E-state index in [0.717, 1.165) is 16.2 Å². The summed E-state index contributed by atoms with van der Waals surface area (Å²) in [7, 11) is 1.58. The van der Waals surface area contributed by atoms with Crippen molar-refractivity contribution in [2.75, 3.05) is 39.2 Å². The van der Waals surface area contributed by atoms with Crippen LogP contribution in [-0.4, -0.2) is 51.0 Å². The molecule has 2 aromatic carbocycles. The van der Waals surface area contributed by atoms with Crippen LogP contribution in [0.2, 0.25) is 0 Å². The largest absolute Gasteiger partial charge is 0.481 e. The molecule has 0 saturated heterocycles. The number of terminal acetylenes is 1. The lowest BCUT2D eigenvalue weighted by Crippen LogP contribution is -2.29. The summed E-state index contributed by atoms with van der Waals surface area (Å²) in [5.41, 5.74) is 1.64. The average molecular weight is 427 g/mol. The number of carbonyl (C=O) groups excluding carboxylic acids is 2. The summed E-state index contributed by atoms with van der Waals surface area (Å²) in [4.78, 5) is 25.3. The van der Waals surface area contributed by atoms with E-state index >= 15 is 0 Å². The molecule has 0 aliphatic heterocycles. The van der Waals surface area contributed by atoms with Crippen LogP contribution in [0.1, 0.15) is 15.9 Å². The van der Waals surface area contributed by atoms with Gasteiger partial charge in [-0.1, -0.05) is 30.2 Å². The van der Waals surface area contributed by atoms with Gasteiger partial charge in [0.05, 0.1) is 17.9 Å². The molecule has 2 N–H and O–H groups in total. The quantitative estimate of drug-likeness (QED) is 0.310. The minimum atomic E-state index is -0.160. The van der Waals surface area contributed by atoms with Crippen LogP contribution in [-0.2, 0) is 16.0 Å². The van der Waals surface area contributed by atoms with E-state index in [2.05, 4.69) is 16.6 Å². The lowest BCUT2D eigenvalue weighted by atomic mass is 10.1. The molecule has 0 unspecified atom stereocenters. The van der Waals surface area contributed by atoms with Crippen LogP contribution in [0.5, 0.6) is 5.75 Å². The van der Waals surface area contributed by atoms with Gasteiger partial charge in [0.15, 0.2) is 0 Å². The maximum atomic E-state index is 12.6. The molecule has 0 aliphatic carbocycles. The van der Waals surface area contributed by atoms with Gasteiger partial charge in [0.1, 0.15) is 12.4 Å². The molecule has 158 valence electrons. The fraction of sp³-hybridized carbons (Fsp3) is 0.304. The van der Waals surface area contributed by atoms with Crippen molar-refractivity contribution in [2.24, 2.45) is 0 Å². The number of amides is 2. The summed E-state index contributed by atoms with van der Waals surface area (Å²) in [6.45, 7) is 1.67. The van der Waals surface area contributed by atoms with Gasteiger partial charge in [0, 0.05) is 25.1 Å². The molecule has 0 bridgehead atoms. The Balaban J connectivity index is 1.82. The number of nitrogens with one attached hydrogen (secondary N) is 2. The van der Waals surface area contributed by atoms with Crippen molar-refractivity contribution in [3.8, 4) is 18.1 Å². The lowest BCUT2D eigenvalue weighted by molar-refractivity contribution is -0.118. The summed E-state index contributed by atoms with van der Waals surface area (Å²) >= 11 is 1.34. The molecule has 2 amide bonds. The Bertz CT molecular complexity index is 862. The van der Waals surface area contributed by atoms with Gasteiger partial charge in [-0.3, -0.25) is 9.59 Å². The van der Waals surface area contributed by atoms with Crippen LogP contribution >= 0.6 is 11.8 Å². The normalized spacial score (nSPS) is 10.1. The lowest BCUT2D eigenvalue weighted by Gasteiger charge is -2.10. The summed E-state index contributed by atoms with van der Waals surface area (Å²) in [6.07, 6.45) is 5.87. The Morgan fingerprint density at radius 2 is 1.83 bits per heavy atom. The second kappa shape index (κ2) is 13.3. The number of ether oxygens (including phenoxy) is 2. The van der Waals surface area contributed by atoms with Crippen LogP contribution in [0.25, 0.3) is 0 Å². The summed E-state index contributed by atoms with van der Waals surface area (Å²) in [6, 6.07) is 14.9. The first-order valence-corrected chi connectivity index (χ1v) is 10.5. The maximum Gasteiger partial charge on any atom is 0.252 e. The predicted molar refractivity (Wildman–Crippen MR) is 119 cm³/mol. The van der Waals surface area contributed by atoms with Gasteiger partial charge in [-0.2, -0.15) is 0 Å². The Labute approximate surface area is 181 Å². The van der Waals surface area contributed by atoms with Crippen molar-refractivity contribution in [1.29, 1.82) is 0 Å². The minimum absolute atomic E-state index is 0.0954. The molecule has 0 aliphatic rings. The third kappa shape index (κ3) is 8.19. The van der Waals surface area contributed by atoms with E-state index in [1.54, 1.807) is 13.2 Å². The zero-order valence-electron chi connectivity index (χ0n) is 17.0. The van der Waals surface area contributed by atoms with Crippen LogP contribution in [0.15, 0.2) is 53.4 Å². The zero-order valence-corrected chi connectivity index (χ0v) is 17.8. The first-order chi connectivity index (χ1) is 14.6. The second-order valence-corrected chi connectivity index (χ2v) is 7.29. The average Bonchev–Trinajstić information content (AvgIpc) is 2.77. The van der Waals surface area contributed by atoms with Gasteiger partial charge in [-0.15, -0.1) is 18.2 Å². The minimum Gasteiger partial charge on any atom is -0.481 e. The predicted octanol–water partition coefficient (Wildman–Crippen LogP) is 2.53. The molecule has 0 saturated carbocycles. The van der Waals surface area contributed by atoms with Crippen LogP contribution < -0.4 is 15.4 Å². The van der Waals surface area contributed by atoms with Gasteiger partial charge >= 0.3 is 0 Å². The molecule has 30 heavy (non-hydrogen) atoms. The van der Waals surface area contributed by atoms with E-state index in [1.807, 2.05) is 42.5 Å². The van der Waals surface area contributed by atoms with Crippen molar-refractivity contribution in [3.63, 3.8) is 0 Å². The number of rotatable bonds is 12. The molecule has 0 heterocycles. The Kier molecular flexibility index (Phi) is 10.3. The third-order valence-electron chi connectivity index (χ3n) is 4.06. The molecule has 0 spiro atoms. The molecular formula is C23H26N2O4S. The van der Waals surface area contributed by atoms with Gasteiger partial charge < -0.3 is 20.1 Å². The van der Waals surface area contributed by atoms with Crippen LogP contribution in [0.4, 0.5) is 0 Å². The Hall–Kier alpha value is -2.95. The monoisotopic (exact) mass is 426 g/mol. The van der Waals surface area contributed by atoms with Crippen molar-refractivity contribution in [3.05, 3.63) is 59.7 Å². The van der Waals surface area contributed by atoms with Gasteiger partial charge in [-0.25, -0.2) is 0 Å². The van der Waals surface area contributed by atoms with E-state index in [1.165, 1.54) is 11.8 Å². The standard InChI is InChI=1S/C23H26N2O4S/c1-3-15-29-19-10-8-18(9-11-19)12-13-25-23(27)20-6-4-5-7-21(20)30-17-22(26)24-14-16-28-2/h1,4-11H,12-17H2,2H3,(H,24,26)(H,25,27). The van der Waals surface area contributed by atoms with Crippen molar-refractivity contribution in [1.82, 2.24) is 10.6 Å². The highest BCUT2D eigenvalue weighted by molar-refractivity contribution is 8.00. The zero-order chi connectivity index (χ0) is 21.6. The smallest absolute Gasteiger partial charge is 0.252 e. The van der Waals surface area contributed by atoms with Crippen molar-refractivity contribution < 1.29 is 19.1 Å². The Morgan fingerprint density at radius 1 is 1.07 bits per heavy atom. The molecular weight excluding hydrogens is 400 g/mol. The van der Waals surface area contributed by atoms with Crippen molar-refractivity contribution in [2.45, 2.75) is 11.3 Å². The van der Waals surface area contributed by atoms with Gasteiger partial charge in [0.2, 0.25) is 5.91 Å². The van der Waals surface area contributed by atoms with Crippen LogP contribution in [0, 0.1) is 12.3 Å². The van der Waals surface area contributed by atoms with Crippen molar-refractivity contribution >= 4 is 23.6 Å². The van der Waals surface area contributed by atoms with E-state index in [9.17, 15) is 9.59 Å². The number of methoxy groups -OCH3 is 1. The van der Waals surface area contributed by atoms with E-state index in [4.69, 9.17) is 15.9 Å². The number of benzene rings is 2. The fourth-order valence-corrected chi connectivity index (χ4v) is 3.44. The number of carbonyl (C=O) groups is 2. The van der Waals surface area contributed by atoms with E-state index in [0.29, 0.717) is 31.7 Å². The van der Waals surface area contributed by atoms with E-state index < -0.39 is 0 Å². The highest BCUT2D eigenvalue weighted by atomic mass is 32.2. The molecule has 2 aromatic rings. The summed E-state index contributed by atoms with van der Waals surface area (Å²) < 4.78 is 10.3. The van der Waals surface area contributed by atoms with Gasteiger partial charge in [0.25, 0.3) is 5.91 Å². The molecule has 0 fully saturated rings. The number of hydrogen-bond acceptors (Lipinski definition) is 5. The van der Waals surface area contributed by atoms with Gasteiger partial charge in [-0.05, 0) is 36.2 Å². The van der Waals surface area contributed by atoms with Crippen LogP contribution in [0.3, 0.4) is 0 Å². The maximum absolute atomic E-state index is 12.6. The first kappa shape index (κ1) is 23.3. The molecule has 0 atom stereocenters. The third-order valence-corrected chi connectivity index (χ3v) is 5.14. The molecule has 0 radical (unpaired) electrons. The molecule has 0 aromatic heterocycles. The second-order valence-electron chi connectivity index (χ2n) is 6.27. The molecule has 7 heteroatoms. The molecule has 2 rings (SSSR count). The highest BCUT2D eigenvalue weighted by Crippen LogP contribution is 2.22. The number of hydrogen-bond donors (Lipinski definition) is 2. The fourth-order valence-electron chi connectivity index (χ4n) is 2.56. The first-order valence-electron chi connectivity index (χ1n) is 9.55. The topological polar surface area (TPSA) is 76.7 Å². The SMILES string of the molecule is C#CCOc1ccc(CCNC(=O)c2ccccc2SCC(=O)NCCOC)cc1. The molecule has 6 nitrogen and oxygen atoms in total. The summed E-state index contributed by atoms with van der Waals surface area (Å²) in [5.74, 6) is 3.13. The highest BCUT2D eigenvalue weighted by Gasteiger charge is 2.12.